The first-order chi connectivity index (χ1) is 14.3. The third kappa shape index (κ3) is 4.33. The molecule has 2 aromatic carbocycles. The number of pyridine rings is 1. The Morgan fingerprint density at radius 2 is 1.79 bits per heavy atom. The maximum absolute atomic E-state index is 8.64. The van der Waals surface area contributed by atoms with E-state index in [1.165, 1.54) is 10.8 Å². The molecule has 4 rings (SSSR count). The summed E-state index contributed by atoms with van der Waals surface area (Å²) < 4.78 is 5.59. The summed E-state index contributed by atoms with van der Waals surface area (Å²) in [6.07, 6.45) is 0.392. The summed E-state index contributed by atoms with van der Waals surface area (Å²) in [7, 11) is 0. The Bertz CT molecular complexity index is 1000. The first-order valence-electron chi connectivity index (χ1n) is 10.3. The molecule has 0 unspecified atom stereocenters. The minimum atomic E-state index is 0.392. The summed E-state index contributed by atoms with van der Waals surface area (Å²) in [5.74, 6) is 1.85. The Morgan fingerprint density at radius 3 is 2.52 bits per heavy atom. The van der Waals surface area contributed by atoms with Crippen LogP contribution >= 0.6 is 0 Å². The number of anilines is 1. The number of nitriles is 1. The number of fused-ring (bicyclic) bond motifs is 1. The van der Waals surface area contributed by atoms with E-state index in [1.807, 2.05) is 24.3 Å². The predicted octanol–water partition coefficient (Wildman–Crippen LogP) is 4.34. The SMILES string of the molecule is CCN1CCN(c2nc(-c3ccc(OCCC#N)cc3)cc3ccccc23)CC1. The highest BCUT2D eigenvalue weighted by molar-refractivity contribution is 5.95. The van der Waals surface area contributed by atoms with Gasteiger partial charge >= 0.3 is 0 Å². The van der Waals surface area contributed by atoms with Gasteiger partial charge in [0.25, 0.3) is 0 Å². The fourth-order valence-corrected chi connectivity index (χ4v) is 3.78. The van der Waals surface area contributed by atoms with Crippen LogP contribution in [0.25, 0.3) is 22.0 Å². The van der Waals surface area contributed by atoms with Crippen LogP contribution in [0.2, 0.25) is 0 Å². The highest BCUT2D eigenvalue weighted by Gasteiger charge is 2.19. The molecule has 29 heavy (non-hydrogen) atoms. The van der Waals surface area contributed by atoms with Gasteiger partial charge in [0.05, 0.1) is 18.2 Å². The smallest absolute Gasteiger partial charge is 0.137 e. The second-order valence-corrected chi connectivity index (χ2v) is 7.25. The van der Waals surface area contributed by atoms with E-state index in [9.17, 15) is 0 Å². The molecule has 0 aliphatic carbocycles. The van der Waals surface area contributed by atoms with Gasteiger partial charge in [-0.3, -0.25) is 0 Å². The van der Waals surface area contributed by atoms with E-state index in [0.717, 1.165) is 55.5 Å². The zero-order chi connectivity index (χ0) is 20.1. The lowest BCUT2D eigenvalue weighted by atomic mass is 10.1. The lowest BCUT2D eigenvalue weighted by Gasteiger charge is -2.35. The zero-order valence-corrected chi connectivity index (χ0v) is 16.8. The Hall–Kier alpha value is -3.10. The van der Waals surface area contributed by atoms with Gasteiger partial charge in [-0.05, 0) is 42.3 Å². The molecule has 1 aromatic heterocycles. The molecule has 0 spiro atoms. The molecule has 1 aliphatic heterocycles. The molecule has 0 amide bonds. The molecule has 5 nitrogen and oxygen atoms in total. The summed E-state index contributed by atoms with van der Waals surface area (Å²) in [5.41, 5.74) is 2.04. The Kier molecular flexibility index (Phi) is 5.92. The van der Waals surface area contributed by atoms with Crippen LogP contribution in [0.1, 0.15) is 13.3 Å². The van der Waals surface area contributed by atoms with Crippen LogP contribution < -0.4 is 9.64 Å². The molecule has 2 heterocycles. The third-order valence-electron chi connectivity index (χ3n) is 5.47. The molecule has 1 aliphatic rings. The minimum absolute atomic E-state index is 0.392. The normalized spacial score (nSPS) is 14.7. The molecule has 0 saturated carbocycles. The summed E-state index contributed by atoms with van der Waals surface area (Å²) in [4.78, 5) is 9.97. The number of aromatic nitrogens is 1. The van der Waals surface area contributed by atoms with E-state index >= 15 is 0 Å². The van der Waals surface area contributed by atoms with Crippen LogP contribution in [-0.4, -0.2) is 49.2 Å². The molecule has 0 bridgehead atoms. The largest absolute Gasteiger partial charge is 0.493 e. The average Bonchev–Trinajstić information content (AvgIpc) is 2.79. The highest BCUT2D eigenvalue weighted by Crippen LogP contribution is 2.31. The second-order valence-electron chi connectivity index (χ2n) is 7.25. The monoisotopic (exact) mass is 386 g/mol. The molecule has 0 N–H and O–H groups in total. The molecule has 0 atom stereocenters. The second kappa shape index (κ2) is 8.93. The lowest BCUT2D eigenvalue weighted by molar-refractivity contribution is 0.271. The van der Waals surface area contributed by atoms with Crippen molar-refractivity contribution in [2.75, 3.05) is 44.2 Å². The number of nitrogens with zero attached hydrogens (tertiary/aromatic N) is 4. The maximum Gasteiger partial charge on any atom is 0.137 e. The van der Waals surface area contributed by atoms with Crippen LogP contribution in [-0.2, 0) is 0 Å². The standard InChI is InChI=1S/C24H26N4O/c1-2-27-13-15-28(16-14-27)24-22-7-4-3-6-20(22)18-23(26-24)19-8-10-21(11-9-19)29-17-5-12-25/h3-4,6-11,18H,2,5,13-17H2,1H3. The molecular weight excluding hydrogens is 360 g/mol. The third-order valence-corrected chi connectivity index (χ3v) is 5.47. The Morgan fingerprint density at radius 1 is 1.03 bits per heavy atom. The molecular formula is C24H26N4O. The quantitative estimate of drug-likeness (QED) is 0.590. The molecule has 1 saturated heterocycles. The van der Waals surface area contributed by atoms with Gasteiger partial charge < -0.3 is 14.5 Å². The van der Waals surface area contributed by atoms with E-state index in [2.05, 4.69) is 53.1 Å². The average molecular weight is 386 g/mol. The van der Waals surface area contributed by atoms with E-state index < -0.39 is 0 Å². The first kappa shape index (κ1) is 19.2. The molecule has 3 aromatic rings. The number of hydrogen-bond acceptors (Lipinski definition) is 5. The van der Waals surface area contributed by atoms with Gasteiger partial charge in [0.15, 0.2) is 0 Å². The van der Waals surface area contributed by atoms with Crippen molar-refractivity contribution in [1.82, 2.24) is 9.88 Å². The topological polar surface area (TPSA) is 52.4 Å². The number of ether oxygens (including phenoxy) is 1. The van der Waals surface area contributed by atoms with E-state index in [1.54, 1.807) is 0 Å². The zero-order valence-electron chi connectivity index (χ0n) is 16.8. The maximum atomic E-state index is 8.64. The van der Waals surface area contributed by atoms with Crippen molar-refractivity contribution in [3.63, 3.8) is 0 Å². The van der Waals surface area contributed by atoms with Crippen molar-refractivity contribution < 1.29 is 4.74 Å². The van der Waals surface area contributed by atoms with Crippen LogP contribution in [0.3, 0.4) is 0 Å². The van der Waals surface area contributed by atoms with Crippen LogP contribution in [0.15, 0.2) is 54.6 Å². The molecule has 0 radical (unpaired) electrons. The lowest BCUT2D eigenvalue weighted by Crippen LogP contribution is -2.46. The van der Waals surface area contributed by atoms with E-state index in [0.29, 0.717) is 13.0 Å². The fourth-order valence-electron chi connectivity index (χ4n) is 3.78. The van der Waals surface area contributed by atoms with Gasteiger partial charge in [-0.15, -0.1) is 0 Å². The van der Waals surface area contributed by atoms with Crippen molar-refractivity contribution in [3.05, 3.63) is 54.6 Å². The summed E-state index contributed by atoms with van der Waals surface area (Å²) in [6, 6.07) is 20.7. The van der Waals surface area contributed by atoms with Gasteiger partial charge in [0.2, 0.25) is 0 Å². The van der Waals surface area contributed by atoms with Crippen LogP contribution in [0.4, 0.5) is 5.82 Å². The Balaban J connectivity index is 1.64. The molecule has 1 fully saturated rings. The van der Waals surface area contributed by atoms with E-state index in [-0.39, 0.29) is 0 Å². The van der Waals surface area contributed by atoms with Crippen molar-refractivity contribution >= 4 is 16.6 Å². The van der Waals surface area contributed by atoms with Crippen LogP contribution in [0, 0.1) is 11.3 Å². The number of benzene rings is 2. The minimum Gasteiger partial charge on any atom is -0.493 e. The molecule has 148 valence electrons. The van der Waals surface area contributed by atoms with Crippen molar-refractivity contribution in [2.24, 2.45) is 0 Å². The summed E-state index contributed by atoms with van der Waals surface area (Å²) in [6.45, 7) is 7.89. The fraction of sp³-hybridized carbons (Fsp3) is 0.333. The number of piperazine rings is 1. The van der Waals surface area contributed by atoms with Gasteiger partial charge in [0.1, 0.15) is 18.2 Å². The van der Waals surface area contributed by atoms with Gasteiger partial charge in [-0.2, -0.15) is 5.26 Å². The van der Waals surface area contributed by atoms with Crippen LogP contribution in [0.5, 0.6) is 5.75 Å². The number of hydrogen-bond donors (Lipinski definition) is 0. The van der Waals surface area contributed by atoms with Gasteiger partial charge in [-0.1, -0.05) is 31.2 Å². The van der Waals surface area contributed by atoms with E-state index in [4.69, 9.17) is 15.0 Å². The highest BCUT2D eigenvalue weighted by atomic mass is 16.5. The molecule has 5 heteroatoms. The summed E-state index contributed by atoms with van der Waals surface area (Å²) in [5, 5.41) is 11.1. The predicted molar refractivity (Wildman–Crippen MR) is 117 cm³/mol. The number of likely N-dealkylation sites (N-methyl/N-ethyl adjacent to an activating group) is 1. The van der Waals surface area contributed by atoms with Gasteiger partial charge in [-0.25, -0.2) is 4.98 Å². The Labute approximate surface area is 172 Å². The van der Waals surface area contributed by atoms with Crippen molar-refractivity contribution in [1.29, 1.82) is 5.26 Å². The van der Waals surface area contributed by atoms with Crippen molar-refractivity contribution in [2.45, 2.75) is 13.3 Å². The summed E-state index contributed by atoms with van der Waals surface area (Å²) >= 11 is 0. The van der Waals surface area contributed by atoms with Crippen molar-refractivity contribution in [3.8, 4) is 23.1 Å². The van der Waals surface area contributed by atoms with Gasteiger partial charge in [0, 0.05) is 37.1 Å². The first-order valence-corrected chi connectivity index (χ1v) is 10.3. The number of rotatable bonds is 6.